The average Bonchev–Trinajstić information content (AvgIpc) is 2.79. The second-order valence-corrected chi connectivity index (χ2v) is 5.92. The summed E-state index contributed by atoms with van der Waals surface area (Å²) in [4.78, 5) is 14.1. The Morgan fingerprint density at radius 2 is 1.75 bits per heavy atom. The number of nitrogens with zero attached hydrogens (tertiary/aromatic N) is 1. The molecule has 3 atom stereocenters. The van der Waals surface area contributed by atoms with E-state index in [-0.39, 0.29) is 6.03 Å². The Morgan fingerprint density at radius 1 is 1.20 bits per heavy atom. The van der Waals surface area contributed by atoms with Crippen molar-refractivity contribution in [2.24, 2.45) is 11.8 Å². The van der Waals surface area contributed by atoms with Crippen LogP contribution in [-0.4, -0.2) is 31.1 Å². The van der Waals surface area contributed by atoms with E-state index in [1.165, 1.54) is 5.56 Å². The third-order valence-electron chi connectivity index (χ3n) is 4.37. The van der Waals surface area contributed by atoms with Crippen molar-refractivity contribution in [3.63, 3.8) is 0 Å². The van der Waals surface area contributed by atoms with Gasteiger partial charge in [-0.15, -0.1) is 0 Å². The minimum absolute atomic E-state index is 0.00983. The maximum Gasteiger partial charge on any atom is 0.321 e. The first kappa shape index (κ1) is 14.9. The van der Waals surface area contributed by atoms with Crippen LogP contribution < -0.4 is 10.6 Å². The van der Waals surface area contributed by atoms with Crippen LogP contribution in [0.15, 0.2) is 24.3 Å². The number of amides is 2. The summed E-state index contributed by atoms with van der Waals surface area (Å²) in [6.45, 7) is 8.21. The van der Waals surface area contributed by atoms with Crippen molar-refractivity contribution in [3.8, 4) is 0 Å². The van der Waals surface area contributed by atoms with Crippen molar-refractivity contribution in [1.82, 2.24) is 10.2 Å². The Kier molecular flexibility index (Phi) is 4.65. The highest BCUT2D eigenvalue weighted by atomic mass is 16.2. The molecule has 0 aromatic heterocycles. The maximum atomic E-state index is 12.2. The fourth-order valence-corrected chi connectivity index (χ4v) is 2.52. The van der Waals surface area contributed by atoms with Gasteiger partial charge in [-0.3, -0.25) is 0 Å². The number of benzene rings is 1. The number of hydrogen-bond acceptors (Lipinski definition) is 2. The van der Waals surface area contributed by atoms with E-state index in [1.807, 2.05) is 36.2 Å². The predicted octanol–water partition coefficient (Wildman–Crippen LogP) is 3.09. The summed E-state index contributed by atoms with van der Waals surface area (Å²) in [6.07, 6.45) is 0. The largest absolute Gasteiger partial charge is 0.324 e. The molecule has 1 aliphatic rings. The molecule has 2 amide bonds. The minimum atomic E-state index is 0.00983. The molecule has 1 aromatic rings. The monoisotopic (exact) mass is 275 g/mol. The first-order valence-electron chi connectivity index (χ1n) is 7.34. The highest BCUT2D eigenvalue weighted by Gasteiger charge is 2.29. The van der Waals surface area contributed by atoms with Crippen LogP contribution in [0.4, 0.5) is 10.5 Å². The number of rotatable bonds is 3. The standard InChI is InChI=1S/C16H25N3O/c1-11-9-19(10-12(11)2)16(20)18-15-7-5-14(6-8-15)13(3)17-4/h5-8,11-13,17H,9-10H2,1-4H3,(H,18,20). The molecular formula is C16H25N3O. The lowest BCUT2D eigenvalue weighted by atomic mass is 10.0. The van der Waals surface area contributed by atoms with Crippen molar-refractivity contribution in [3.05, 3.63) is 29.8 Å². The highest BCUT2D eigenvalue weighted by molar-refractivity contribution is 5.89. The molecule has 1 aliphatic heterocycles. The van der Waals surface area contributed by atoms with E-state index in [4.69, 9.17) is 0 Å². The summed E-state index contributed by atoms with van der Waals surface area (Å²) in [6, 6.07) is 8.35. The summed E-state index contributed by atoms with van der Waals surface area (Å²) in [5, 5.41) is 6.18. The predicted molar refractivity (Wildman–Crippen MR) is 82.8 cm³/mol. The average molecular weight is 275 g/mol. The second kappa shape index (κ2) is 6.27. The van der Waals surface area contributed by atoms with Gasteiger partial charge in [0.2, 0.25) is 0 Å². The molecule has 0 spiro atoms. The van der Waals surface area contributed by atoms with Gasteiger partial charge >= 0.3 is 6.03 Å². The molecule has 0 saturated carbocycles. The molecule has 1 heterocycles. The van der Waals surface area contributed by atoms with Crippen LogP contribution in [0.3, 0.4) is 0 Å². The smallest absolute Gasteiger partial charge is 0.321 e. The second-order valence-electron chi connectivity index (χ2n) is 5.92. The number of carbonyl (C=O) groups is 1. The van der Waals surface area contributed by atoms with Crippen LogP contribution in [0, 0.1) is 11.8 Å². The molecule has 4 nitrogen and oxygen atoms in total. The Balaban J connectivity index is 1.95. The van der Waals surface area contributed by atoms with E-state index < -0.39 is 0 Å². The van der Waals surface area contributed by atoms with Gasteiger partial charge < -0.3 is 15.5 Å². The Bertz CT molecular complexity index is 447. The number of urea groups is 1. The van der Waals surface area contributed by atoms with Crippen molar-refractivity contribution in [1.29, 1.82) is 0 Å². The lowest BCUT2D eigenvalue weighted by Crippen LogP contribution is -2.33. The van der Waals surface area contributed by atoms with Crippen LogP contribution in [0.5, 0.6) is 0 Å². The topological polar surface area (TPSA) is 44.4 Å². The lowest BCUT2D eigenvalue weighted by Gasteiger charge is -2.17. The van der Waals surface area contributed by atoms with Gasteiger partial charge in [0, 0.05) is 24.8 Å². The van der Waals surface area contributed by atoms with E-state index in [2.05, 4.69) is 31.4 Å². The molecule has 0 bridgehead atoms. The highest BCUT2D eigenvalue weighted by Crippen LogP contribution is 2.23. The fraction of sp³-hybridized carbons (Fsp3) is 0.562. The van der Waals surface area contributed by atoms with Crippen LogP contribution in [0.25, 0.3) is 0 Å². The quantitative estimate of drug-likeness (QED) is 0.890. The summed E-state index contributed by atoms with van der Waals surface area (Å²) in [5.41, 5.74) is 2.07. The van der Waals surface area contributed by atoms with Gasteiger partial charge in [-0.25, -0.2) is 4.79 Å². The fourth-order valence-electron chi connectivity index (χ4n) is 2.52. The van der Waals surface area contributed by atoms with Gasteiger partial charge in [0.1, 0.15) is 0 Å². The van der Waals surface area contributed by atoms with Crippen LogP contribution in [0.2, 0.25) is 0 Å². The minimum Gasteiger partial charge on any atom is -0.324 e. The van der Waals surface area contributed by atoms with Crippen molar-refractivity contribution < 1.29 is 4.79 Å². The molecule has 3 unspecified atom stereocenters. The van der Waals surface area contributed by atoms with Crippen LogP contribution in [-0.2, 0) is 0 Å². The number of nitrogens with one attached hydrogen (secondary N) is 2. The van der Waals surface area contributed by atoms with Crippen molar-refractivity contribution >= 4 is 11.7 Å². The number of anilines is 1. The number of likely N-dealkylation sites (tertiary alicyclic amines) is 1. The van der Waals surface area contributed by atoms with E-state index in [1.54, 1.807) is 0 Å². The molecule has 1 fully saturated rings. The summed E-state index contributed by atoms with van der Waals surface area (Å²) >= 11 is 0. The van der Waals surface area contributed by atoms with E-state index in [0.717, 1.165) is 18.8 Å². The molecule has 0 radical (unpaired) electrons. The first-order chi connectivity index (χ1) is 9.51. The zero-order valence-electron chi connectivity index (χ0n) is 12.8. The SMILES string of the molecule is CNC(C)c1ccc(NC(=O)N2CC(C)C(C)C2)cc1. The summed E-state index contributed by atoms with van der Waals surface area (Å²) in [7, 11) is 1.94. The zero-order chi connectivity index (χ0) is 14.7. The van der Waals surface area contributed by atoms with Gasteiger partial charge in [0.15, 0.2) is 0 Å². The van der Waals surface area contributed by atoms with Crippen molar-refractivity contribution in [2.75, 3.05) is 25.5 Å². The molecule has 110 valence electrons. The lowest BCUT2D eigenvalue weighted by molar-refractivity contribution is 0.220. The Labute approximate surface area is 121 Å². The molecule has 2 rings (SSSR count). The van der Waals surface area contributed by atoms with Gasteiger partial charge in [-0.05, 0) is 43.5 Å². The summed E-state index contributed by atoms with van der Waals surface area (Å²) in [5.74, 6) is 1.17. The first-order valence-corrected chi connectivity index (χ1v) is 7.34. The molecule has 20 heavy (non-hydrogen) atoms. The zero-order valence-corrected chi connectivity index (χ0v) is 12.8. The summed E-state index contributed by atoms with van der Waals surface area (Å²) < 4.78 is 0. The maximum absolute atomic E-state index is 12.2. The van der Waals surface area contributed by atoms with Gasteiger partial charge in [0.05, 0.1) is 0 Å². The molecule has 1 saturated heterocycles. The third kappa shape index (κ3) is 3.31. The van der Waals surface area contributed by atoms with E-state index >= 15 is 0 Å². The molecular weight excluding hydrogens is 250 g/mol. The molecule has 4 heteroatoms. The van der Waals surface area contributed by atoms with Crippen molar-refractivity contribution in [2.45, 2.75) is 26.8 Å². The van der Waals surface area contributed by atoms with Crippen LogP contribution in [0.1, 0.15) is 32.4 Å². The number of carbonyl (C=O) groups excluding carboxylic acids is 1. The van der Waals surface area contributed by atoms with E-state index in [0.29, 0.717) is 17.9 Å². The number of hydrogen-bond donors (Lipinski definition) is 2. The molecule has 1 aromatic carbocycles. The Hall–Kier alpha value is -1.55. The molecule has 0 aliphatic carbocycles. The van der Waals surface area contributed by atoms with Crippen LogP contribution >= 0.6 is 0 Å². The molecule has 2 N–H and O–H groups in total. The normalized spacial score (nSPS) is 23.7. The van der Waals surface area contributed by atoms with Gasteiger partial charge in [0.25, 0.3) is 0 Å². The van der Waals surface area contributed by atoms with Gasteiger partial charge in [-0.1, -0.05) is 26.0 Å². The Morgan fingerprint density at radius 3 is 2.25 bits per heavy atom. The van der Waals surface area contributed by atoms with E-state index in [9.17, 15) is 4.79 Å². The third-order valence-corrected chi connectivity index (χ3v) is 4.37. The van der Waals surface area contributed by atoms with Gasteiger partial charge in [-0.2, -0.15) is 0 Å².